The summed E-state index contributed by atoms with van der Waals surface area (Å²) in [6, 6.07) is 7.06. The van der Waals surface area contributed by atoms with Crippen molar-refractivity contribution in [2.45, 2.75) is 45.1 Å². The zero-order valence-corrected chi connectivity index (χ0v) is 16.4. The van der Waals surface area contributed by atoms with Crippen LogP contribution in [0.2, 0.25) is 0 Å². The fraction of sp³-hybridized carbons (Fsp3) is 0.333. The van der Waals surface area contributed by atoms with Crippen molar-refractivity contribution >= 4 is 11.9 Å². The smallest absolute Gasteiger partial charge is 0.326 e. The Labute approximate surface area is 168 Å². The van der Waals surface area contributed by atoms with E-state index in [1.807, 2.05) is 12.1 Å². The summed E-state index contributed by atoms with van der Waals surface area (Å²) in [6.07, 6.45) is 5.13. The molecular formula is C21H24N4O4. The topological polar surface area (TPSA) is 121 Å². The van der Waals surface area contributed by atoms with Crippen LogP contribution in [0.3, 0.4) is 0 Å². The van der Waals surface area contributed by atoms with Crippen molar-refractivity contribution in [1.29, 1.82) is 0 Å². The highest BCUT2D eigenvalue weighted by atomic mass is 16.4. The Balaban J connectivity index is 1.54. The molecule has 8 nitrogen and oxygen atoms in total. The van der Waals surface area contributed by atoms with Gasteiger partial charge >= 0.3 is 5.97 Å². The largest absolute Gasteiger partial charge is 0.480 e. The Kier molecular flexibility index (Phi) is 6.43. The van der Waals surface area contributed by atoms with Crippen LogP contribution in [-0.2, 0) is 22.4 Å². The van der Waals surface area contributed by atoms with Gasteiger partial charge in [0.25, 0.3) is 0 Å². The average molecular weight is 396 g/mol. The molecule has 0 saturated carbocycles. The maximum Gasteiger partial charge on any atom is 0.326 e. The highest BCUT2D eigenvalue weighted by molar-refractivity contribution is 5.83. The van der Waals surface area contributed by atoms with Gasteiger partial charge in [-0.3, -0.25) is 4.79 Å². The Morgan fingerprint density at radius 3 is 2.59 bits per heavy atom. The van der Waals surface area contributed by atoms with Crippen LogP contribution in [0.5, 0.6) is 0 Å². The number of carbonyl (C=O) groups is 2. The third kappa shape index (κ3) is 5.54. The third-order valence-electron chi connectivity index (χ3n) is 4.59. The molecule has 0 spiro atoms. The summed E-state index contributed by atoms with van der Waals surface area (Å²) in [5.41, 5.74) is 2.80. The number of hydrogen-bond acceptors (Lipinski definition) is 5. The van der Waals surface area contributed by atoms with Crippen LogP contribution < -0.4 is 5.32 Å². The summed E-state index contributed by atoms with van der Waals surface area (Å²) in [6.45, 7) is 4.27. The number of aliphatic carboxylic acids is 1. The molecule has 0 saturated heterocycles. The number of rotatable bonds is 9. The van der Waals surface area contributed by atoms with Gasteiger partial charge < -0.3 is 19.8 Å². The first-order chi connectivity index (χ1) is 13.9. The number of nitrogens with one attached hydrogen (secondary N) is 2. The van der Waals surface area contributed by atoms with Gasteiger partial charge in [-0.05, 0) is 11.5 Å². The molecule has 1 unspecified atom stereocenters. The van der Waals surface area contributed by atoms with E-state index in [1.165, 1.54) is 18.1 Å². The number of hydrogen-bond donors (Lipinski definition) is 3. The molecule has 0 aliphatic heterocycles. The minimum atomic E-state index is -1.10. The minimum absolute atomic E-state index is 0.0823. The average Bonchev–Trinajstić information content (AvgIpc) is 3.38. The van der Waals surface area contributed by atoms with Gasteiger partial charge in [-0.2, -0.15) is 0 Å². The number of carboxylic acids is 1. The number of imidazole rings is 1. The van der Waals surface area contributed by atoms with Crippen molar-refractivity contribution in [3.63, 3.8) is 0 Å². The standard InChI is InChI=1S/C21H24N4O4/c1-13(2)14-3-5-15(6-4-14)18-11-23-20(29-18)8-7-19(26)25-17(21(27)28)9-16-10-22-12-24-16/h3-6,10-13,17H,7-9H2,1-2H3,(H,22,24)(H,25,26)(H,27,28). The summed E-state index contributed by atoms with van der Waals surface area (Å²) in [4.78, 5) is 34.4. The lowest BCUT2D eigenvalue weighted by Gasteiger charge is -2.13. The first-order valence-electron chi connectivity index (χ1n) is 9.47. The van der Waals surface area contributed by atoms with Gasteiger partial charge in [0.2, 0.25) is 5.91 Å². The number of benzene rings is 1. The number of aromatic nitrogens is 3. The molecule has 3 N–H and O–H groups in total. The zero-order valence-electron chi connectivity index (χ0n) is 16.4. The molecule has 8 heteroatoms. The van der Waals surface area contributed by atoms with Gasteiger partial charge in [0, 0.05) is 36.7 Å². The van der Waals surface area contributed by atoms with Gasteiger partial charge in [0.1, 0.15) is 6.04 Å². The van der Waals surface area contributed by atoms with Crippen LogP contribution in [0.25, 0.3) is 11.3 Å². The second kappa shape index (κ2) is 9.18. The van der Waals surface area contributed by atoms with Crippen molar-refractivity contribution in [2.75, 3.05) is 0 Å². The molecule has 0 aliphatic carbocycles. The van der Waals surface area contributed by atoms with Gasteiger partial charge in [-0.25, -0.2) is 14.8 Å². The van der Waals surface area contributed by atoms with E-state index in [9.17, 15) is 14.7 Å². The molecule has 0 aliphatic rings. The molecule has 1 aromatic carbocycles. The monoisotopic (exact) mass is 396 g/mol. The predicted octanol–water partition coefficient (Wildman–Crippen LogP) is 2.93. The van der Waals surface area contributed by atoms with E-state index in [-0.39, 0.29) is 25.2 Å². The number of H-pyrrole nitrogens is 1. The summed E-state index contributed by atoms with van der Waals surface area (Å²) in [5.74, 6) is 0.0480. The van der Waals surface area contributed by atoms with E-state index in [0.29, 0.717) is 23.3 Å². The number of nitrogens with zero attached hydrogens (tertiary/aromatic N) is 2. The Morgan fingerprint density at radius 1 is 1.21 bits per heavy atom. The Morgan fingerprint density at radius 2 is 1.97 bits per heavy atom. The number of carbonyl (C=O) groups excluding carboxylic acids is 1. The van der Waals surface area contributed by atoms with Crippen molar-refractivity contribution < 1.29 is 19.1 Å². The molecule has 3 aromatic rings. The number of aromatic amines is 1. The normalized spacial score (nSPS) is 12.1. The maximum atomic E-state index is 12.2. The van der Waals surface area contributed by atoms with Gasteiger partial charge in [0.05, 0.1) is 12.5 Å². The summed E-state index contributed by atoms with van der Waals surface area (Å²) in [7, 11) is 0. The van der Waals surface area contributed by atoms with Crippen molar-refractivity contribution in [2.24, 2.45) is 0 Å². The van der Waals surface area contributed by atoms with Crippen LogP contribution in [0.4, 0.5) is 0 Å². The number of oxazole rings is 1. The van der Waals surface area contributed by atoms with Crippen LogP contribution in [0, 0.1) is 0 Å². The summed E-state index contributed by atoms with van der Waals surface area (Å²) < 4.78 is 5.74. The first-order valence-corrected chi connectivity index (χ1v) is 9.47. The van der Waals surface area contributed by atoms with Gasteiger partial charge in [0.15, 0.2) is 11.7 Å². The Bertz CT molecular complexity index is 945. The van der Waals surface area contributed by atoms with Crippen LogP contribution in [0.15, 0.2) is 47.4 Å². The van der Waals surface area contributed by atoms with Crippen LogP contribution in [0.1, 0.15) is 43.3 Å². The molecule has 29 heavy (non-hydrogen) atoms. The van der Waals surface area contributed by atoms with Crippen molar-refractivity contribution in [3.05, 3.63) is 60.1 Å². The first kappa shape index (κ1) is 20.3. The highest BCUT2D eigenvalue weighted by Gasteiger charge is 2.21. The number of carboxylic acid groups (broad SMARTS) is 1. The van der Waals surface area contributed by atoms with E-state index in [0.717, 1.165) is 5.56 Å². The van der Waals surface area contributed by atoms with Crippen molar-refractivity contribution in [1.82, 2.24) is 20.3 Å². The lowest BCUT2D eigenvalue weighted by molar-refractivity contribution is -0.141. The van der Waals surface area contributed by atoms with E-state index >= 15 is 0 Å². The molecule has 0 fully saturated rings. The molecule has 152 valence electrons. The van der Waals surface area contributed by atoms with E-state index in [2.05, 4.69) is 46.2 Å². The molecular weight excluding hydrogens is 372 g/mol. The van der Waals surface area contributed by atoms with Crippen LogP contribution >= 0.6 is 0 Å². The highest BCUT2D eigenvalue weighted by Crippen LogP contribution is 2.23. The van der Waals surface area contributed by atoms with E-state index in [4.69, 9.17) is 4.42 Å². The molecule has 2 aromatic heterocycles. The quantitative estimate of drug-likeness (QED) is 0.511. The third-order valence-corrected chi connectivity index (χ3v) is 4.59. The van der Waals surface area contributed by atoms with E-state index in [1.54, 1.807) is 6.20 Å². The molecule has 0 radical (unpaired) electrons. The molecule has 2 heterocycles. The van der Waals surface area contributed by atoms with Gasteiger partial charge in [-0.15, -0.1) is 0 Å². The predicted molar refractivity (Wildman–Crippen MR) is 106 cm³/mol. The molecule has 1 amide bonds. The number of aryl methyl sites for hydroxylation is 1. The number of amides is 1. The minimum Gasteiger partial charge on any atom is -0.480 e. The lowest BCUT2D eigenvalue weighted by atomic mass is 10.0. The second-order valence-corrected chi connectivity index (χ2v) is 7.13. The summed E-state index contributed by atoms with van der Waals surface area (Å²) in [5, 5.41) is 11.8. The molecule has 0 bridgehead atoms. The maximum absolute atomic E-state index is 12.2. The second-order valence-electron chi connectivity index (χ2n) is 7.13. The summed E-state index contributed by atoms with van der Waals surface area (Å²) >= 11 is 0. The fourth-order valence-corrected chi connectivity index (χ4v) is 2.89. The Hall–Kier alpha value is -3.42. The molecule has 1 atom stereocenters. The fourth-order valence-electron chi connectivity index (χ4n) is 2.89. The van der Waals surface area contributed by atoms with Crippen molar-refractivity contribution in [3.8, 4) is 11.3 Å². The molecule has 3 rings (SSSR count). The van der Waals surface area contributed by atoms with E-state index < -0.39 is 12.0 Å². The SMILES string of the molecule is CC(C)c1ccc(-c2cnc(CCC(=O)NC(Cc3cnc[nH]3)C(=O)O)o2)cc1. The lowest BCUT2D eigenvalue weighted by Crippen LogP contribution is -2.42. The van der Waals surface area contributed by atoms with Crippen LogP contribution in [-0.4, -0.2) is 38.0 Å². The zero-order chi connectivity index (χ0) is 20.8. The van der Waals surface area contributed by atoms with Gasteiger partial charge in [-0.1, -0.05) is 38.1 Å².